The van der Waals surface area contributed by atoms with Crippen molar-refractivity contribution in [3.8, 4) is 0 Å². The summed E-state index contributed by atoms with van der Waals surface area (Å²) < 4.78 is 72.7. The van der Waals surface area contributed by atoms with Crippen LogP contribution in [0.15, 0.2) is 24.3 Å². The zero-order chi connectivity index (χ0) is 19.1. The fourth-order valence-corrected chi connectivity index (χ4v) is 2.88. The molecule has 0 atom stereocenters. The molecule has 0 spiro atoms. The van der Waals surface area contributed by atoms with Crippen molar-refractivity contribution in [2.24, 2.45) is 0 Å². The molecule has 0 aromatic heterocycles. The first kappa shape index (κ1) is 31.7. The van der Waals surface area contributed by atoms with E-state index < -0.39 is 25.6 Å². The smallest absolute Gasteiger partial charge is 0.678 e. The summed E-state index contributed by atoms with van der Waals surface area (Å²) >= 11 is 0. The summed E-state index contributed by atoms with van der Waals surface area (Å²) in [5.41, 5.74) is 18.6. The standard InChI is InChI=1S/C7H5F6Si.3C2H6N.Zr/c8-6(9,10)14(7(11,12)13)5-3-1-2-4-5;3*1-2-3;/h1-4,14H;3*3H,2H2,1H3;/q4*-1;+4. The predicted octanol–water partition coefficient (Wildman–Crippen LogP) is 5.22. The Hall–Kier alpha value is -0.0900. The first-order chi connectivity index (χ1) is 10.5. The van der Waals surface area contributed by atoms with E-state index in [0.717, 1.165) is 12.1 Å². The van der Waals surface area contributed by atoms with Crippen LogP contribution >= 0.6 is 0 Å². The number of alkyl halides is 6. The van der Waals surface area contributed by atoms with Crippen molar-refractivity contribution in [2.75, 3.05) is 19.6 Å². The van der Waals surface area contributed by atoms with E-state index in [1.807, 2.05) is 0 Å². The van der Waals surface area contributed by atoms with Gasteiger partial charge in [-0.25, -0.2) is 12.1 Å². The van der Waals surface area contributed by atoms with Gasteiger partial charge in [-0.1, -0.05) is 20.8 Å². The largest absolute Gasteiger partial charge is 4.00 e. The molecule has 1 aromatic rings. The van der Waals surface area contributed by atoms with Gasteiger partial charge in [0.05, 0.1) is 0 Å². The van der Waals surface area contributed by atoms with E-state index in [1.54, 1.807) is 20.8 Å². The van der Waals surface area contributed by atoms with E-state index in [-0.39, 0.29) is 26.2 Å². The Balaban J connectivity index is -0.000000169. The Morgan fingerprint density at radius 3 is 1.12 bits per heavy atom. The van der Waals surface area contributed by atoms with Crippen LogP contribution in [0.5, 0.6) is 0 Å². The van der Waals surface area contributed by atoms with Gasteiger partial charge in [-0.15, -0.1) is 5.19 Å². The molecule has 1 rings (SSSR count). The third-order valence-corrected chi connectivity index (χ3v) is 4.04. The van der Waals surface area contributed by atoms with Gasteiger partial charge in [0.2, 0.25) is 0 Å². The second-order valence-electron chi connectivity index (χ2n) is 3.80. The molecule has 0 aliphatic carbocycles. The molecule has 0 unspecified atom stereocenters. The summed E-state index contributed by atoms with van der Waals surface area (Å²) in [4.78, 5) is 0. The van der Waals surface area contributed by atoms with Crippen molar-refractivity contribution in [1.82, 2.24) is 0 Å². The van der Waals surface area contributed by atoms with Crippen LogP contribution in [0.4, 0.5) is 26.3 Å². The van der Waals surface area contributed by atoms with Gasteiger partial charge in [0.25, 0.3) is 8.80 Å². The summed E-state index contributed by atoms with van der Waals surface area (Å²) in [7, 11) is -4.92. The molecule has 0 saturated carbocycles. The van der Waals surface area contributed by atoms with Crippen molar-refractivity contribution in [3.63, 3.8) is 0 Å². The molecular weight excluding hydrogens is 431 g/mol. The molecule has 11 heteroatoms. The third kappa shape index (κ3) is 18.3. The Morgan fingerprint density at radius 1 is 0.750 bits per heavy atom. The molecule has 24 heavy (non-hydrogen) atoms. The number of halogens is 6. The summed E-state index contributed by atoms with van der Waals surface area (Å²) in [5.74, 6) is -10.3. The maximum atomic E-state index is 12.1. The number of rotatable bonds is 1. The van der Waals surface area contributed by atoms with Crippen LogP contribution in [0, 0.1) is 0 Å². The summed E-state index contributed by atoms with van der Waals surface area (Å²) in [6.07, 6.45) is 0. The molecule has 3 nitrogen and oxygen atoms in total. The fourth-order valence-electron chi connectivity index (χ4n) is 1.14. The van der Waals surface area contributed by atoms with Gasteiger partial charge in [0.1, 0.15) is 0 Å². The zero-order valence-electron chi connectivity index (χ0n) is 13.8. The maximum absolute atomic E-state index is 12.1. The quantitative estimate of drug-likeness (QED) is 0.317. The SMILES string of the molecule is CC[NH-].CC[NH-].CC[NH-].FC(F)(F)[SiH]([c-]1cccc1)C(F)(F)F.[Zr+4]. The Labute approximate surface area is 160 Å². The number of nitrogens with one attached hydrogen (secondary N) is 3. The summed E-state index contributed by atoms with van der Waals surface area (Å²) in [6, 6.07) is 4.09. The maximum Gasteiger partial charge on any atom is 4.00 e. The predicted molar refractivity (Wildman–Crippen MR) is 85.5 cm³/mol. The second kappa shape index (κ2) is 17.7. The Bertz CT molecular complexity index is 326. The van der Waals surface area contributed by atoms with Gasteiger partial charge in [0, 0.05) is 0 Å². The third-order valence-electron chi connectivity index (χ3n) is 1.68. The van der Waals surface area contributed by atoms with E-state index in [2.05, 4.69) is 0 Å². The van der Waals surface area contributed by atoms with Gasteiger partial charge in [0.15, 0.2) is 0 Å². The van der Waals surface area contributed by atoms with Crippen LogP contribution in [-0.4, -0.2) is 40.0 Å². The zero-order valence-corrected chi connectivity index (χ0v) is 17.4. The minimum Gasteiger partial charge on any atom is -0.678 e. The minimum atomic E-state index is -5.16. The van der Waals surface area contributed by atoms with Crippen molar-refractivity contribution in [2.45, 2.75) is 32.4 Å². The van der Waals surface area contributed by atoms with Gasteiger partial charge < -0.3 is 17.2 Å². The van der Waals surface area contributed by atoms with Gasteiger partial charge in [-0.3, -0.25) is 0 Å². The van der Waals surface area contributed by atoms with Crippen molar-refractivity contribution in [3.05, 3.63) is 41.5 Å². The Kier molecular flexibility index (Phi) is 23.4. The average Bonchev–Trinajstić information content (AvgIpc) is 2.81. The van der Waals surface area contributed by atoms with Gasteiger partial charge in [-0.2, -0.15) is 58.1 Å². The van der Waals surface area contributed by atoms with Crippen LogP contribution < -0.4 is 5.19 Å². The van der Waals surface area contributed by atoms with E-state index >= 15 is 0 Å². The normalized spacial score (nSPS) is 10.2. The second-order valence-corrected chi connectivity index (χ2v) is 6.64. The van der Waals surface area contributed by atoms with E-state index in [1.165, 1.54) is 12.1 Å². The monoisotopic (exact) mass is 453 g/mol. The van der Waals surface area contributed by atoms with E-state index in [0.29, 0.717) is 19.6 Å². The number of hydrogen-bond donors (Lipinski definition) is 0. The van der Waals surface area contributed by atoms with E-state index in [9.17, 15) is 26.3 Å². The van der Waals surface area contributed by atoms with Crippen LogP contribution in [-0.2, 0) is 26.2 Å². The first-order valence-electron chi connectivity index (χ1n) is 6.76. The minimum absolute atomic E-state index is 0. The summed E-state index contributed by atoms with van der Waals surface area (Å²) in [5, 5.41) is -0.634. The number of hydrogen-bond acceptors (Lipinski definition) is 0. The molecule has 0 radical (unpaired) electrons. The molecule has 0 bridgehead atoms. The topological polar surface area (TPSA) is 71.4 Å². The first-order valence-corrected chi connectivity index (χ1v) is 8.49. The van der Waals surface area contributed by atoms with Crippen LogP contribution in [0.25, 0.3) is 17.2 Å². The molecule has 0 aliphatic rings. The van der Waals surface area contributed by atoms with Gasteiger partial charge >= 0.3 is 37.8 Å². The molecule has 0 amide bonds. The summed E-state index contributed by atoms with van der Waals surface area (Å²) in [6.45, 7) is 6.88. The molecule has 140 valence electrons. The average molecular weight is 455 g/mol. The van der Waals surface area contributed by atoms with Gasteiger partial charge in [-0.05, 0) is 0 Å². The molecule has 0 fully saturated rings. The van der Waals surface area contributed by atoms with Crippen molar-refractivity contribution in [1.29, 1.82) is 0 Å². The Morgan fingerprint density at radius 2 is 0.958 bits per heavy atom. The molecule has 3 N–H and O–H groups in total. The van der Waals surface area contributed by atoms with Crippen molar-refractivity contribution < 1.29 is 52.5 Å². The molecule has 0 heterocycles. The molecule has 1 aromatic carbocycles. The van der Waals surface area contributed by atoms with E-state index in [4.69, 9.17) is 17.2 Å². The van der Waals surface area contributed by atoms with Crippen LogP contribution in [0.1, 0.15) is 20.8 Å². The molecular formula is C13H23F6N3SiZr. The van der Waals surface area contributed by atoms with Crippen LogP contribution in [0.3, 0.4) is 0 Å². The fraction of sp³-hybridized carbons (Fsp3) is 0.615. The van der Waals surface area contributed by atoms with Crippen molar-refractivity contribution >= 4 is 14.0 Å². The van der Waals surface area contributed by atoms with Crippen LogP contribution in [0.2, 0.25) is 0 Å². The molecule has 0 saturated heterocycles. The molecule has 0 aliphatic heterocycles.